The van der Waals surface area contributed by atoms with Crippen LogP contribution >= 0.6 is 0 Å². The number of carbonyl (C=O) groups is 1. The highest BCUT2D eigenvalue weighted by Crippen LogP contribution is 2.02. The fourth-order valence-electron chi connectivity index (χ4n) is 1.80. The minimum absolute atomic E-state index is 0. The minimum Gasteiger partial charge on any atom is -1.00 e. The van der Waals surface area contributed by atoms with Gasteiger partial charge in [-0.3, -0.25) is 4.79 Å². The zero-order valence-corrected chi connectivity index (χ0v) is 12.4. The van der Waals surface area contributed by atoms with Crippen molar-refractivity contribution in [2.75, 3.05) is 0 Å². The summed E-state index contributed by atoms with van der Waals surface area (Å²) < 4.78 is 1.95. The van der Waals surface area contributed by atoms with Crippen molar-refractivity contribution in [1.82, 2.24) is 0 Å². The first-order valence-corrected chi connectivity index (χ1v) is 5.91. The topological polar surface area (TPSA) is 20.9 Å². The Morgan fingerprint density at radius 1 is 1.21 bits per heavy atom. The van der Waals surface area contributed by atoms with Crippen LogP contribution in [0.5, 0.6) is 0 Å². The molecule has 3 heteroatoms. The highest BCUT2D eigenvalue weighted by atomic mass is 79.9. The third-order valence-electron chi connectivity index (χ3n) is 2.92. The summed E-state index contributed by atoms with van der Waals surface area (Å²) in [4.78, 5) is 12.1. The van der Waals surface area contributed by atoms with Crippen LogP contribution in [0.1, 0.15) is 21.6 Å². The molecule has 2 aromatic rings. The number of hydrogen-bond donors (Lipinski definition) is 0. The summed E-state index contributed by atoms with van der Waals surface area (Å²) in [6.45, 7) is 6.09. The Morgan fingerprint density at radius 2 is 1.89 bits per heavy atom. The third kappa shape index (κ3) is 3.86. The Balaban J connectivity index is 0.00000180. The molecule has 0 unspecified atom stereocenters. The Kier molecular flexibility index (Phi) is 5.64. The van der Waals surface area contributed by atoms with E-state index in [1.807, 2.05) is 60.2 Å². The molecule has 0 amide bonds. The van der Waals surface area contributed by atoms with Crippen LogP contribution in [0.15, 0.2) is 55.2 Å². The van der Waals surface area contributed by atoms with Gasteiger partial charge in [-0.25, -0.2) is 0 Å². The molecule has 0 saturated heterocycles. The van der Waals surface area contributed by atoms with Crippen LogP contribution in [0.4, 0.5) is 0 Å². The predicted molar refractivity (Wildman–Crippen MR) is 72.2 cm³/mol. The number of aromatic nitrogens is 1. The van der Waals surface area contributed by atoms with Crippen LogP contribution in [0.3, 0.4) is 0 Å². The molecule has 0 N–H and O–H groups in total. The van der Waals surface area contributed by atoms with Gasteiger partial charge in [0.1, 0.15) is 0 Å². The lowest BCUT2D eigenvalue weighted by molar-refractivity contribution is -0.689. The highest BCUT2D eigenvalue weighted by molar-refractivity contribution is 5.94. The number of carbonyl (C=O) groups excluding carboxylic acids is 1. The van der Waals surface area contributed by atoms with Gasteiger partial charge in [0.2, 0.25) is 12.3 Å². The molecule has 0 aliphatic carbocycles. The van der Waals surface area contributed by atoms with Crippen LogP contribution in [0.2, 0.25) is 0 Å². The minimum atomic E-state index is 0. The zero-order valence-electron chi connectivity index (χ0n) is 10.8. The molecule has 2 rings (SSSR count). The molecule has 0 spiro atoms. The predicted octanol–water partition coefficient (Wildman–Crippen LogP) is -0.188. The lowest BCUT2D eigenvalue weighted by atomic mass is 10.1. The van der Waals surface area contributed by atoms with E-state index in [9.17, 15) is 4.79 Å². The highest BCUT2D eigenvalue weighted by Gasteiger charge is 2.14. The summed E-state index contributed by atoms with van der Waals surface area (Å²) in [7, 11) is 0. The molecular weight excluding hydrogens is 302 g/mol. The van der Waals surface area contributed by atoms with E-state index in [-0.39, 0.29) is 22.8 Å². The Bertz CT molecular complexity index is 579. The molecule has 1 aromatic carbocycles. The number of pyridine rings is 1. The summed E-state index contributed by atoms with van der Waals surface area (Å²) in [6, 6.07) is 13.3. The molecule has 0 fully saturated rings. The molecule has 0 aliphatic heterocycles. The van der Waals surface area contributed by atoms with E-state index >= 15 is 0 Å². The van der Waals surface area contributed by atoms with Gasteiger partial charge in [-0.1, -0.05) is 43.0 Å². The summed E-state index contributed by atoms with van der Waals surface area (Å²) in [5.74, 6) is 0.116. The lowest BCUT2D eigenvalue weighted by Gasteiger charge is -2.01. The van der Waals surface area contributed by atoms with Gasteiger partial charge < -0.3 is 17.0 Å². The molecule has 0 bridgehead atoms. The number of Topliss-reactive ketones (excluding diaryl/α,β-unsaturated/α-hetero) is 1. The van der Waals surface area contributed by atoms with Crippen LogP contribution < -0.4 is 21.5 Å². The number of rotatable bonds is 4. The molecule has 0 aliphatic rings. The monoisotopic (exact) mass is 317 g/mol. The molecule has 2 nitrogen and oxygen atoms in total. The third-order valence-corrected chi connectivity index (χ3v) is 2.92. The average Bonchev–Trinajstić information content (AvgIpc) is 2.42. The Morgan fingerprint density at radius 3 is 2.53 bits per heavy atom. The standard InChI is InChI=1S/C16H16NO.BrH/c1-3-14-10-9-13(2)17(11-14)12-16(18)15-7-5-4-6-8-15;/h3-11H,1,12H2,2H3;1H/q+1;/p-1. The van der Waals surface area contributed by atoms with Crippen molar-refractivity contribution in [3.8, 4) is 0 Å². The molecule has 0 radical (unpaired) electrons. The fourth-order valence-corrected chi connectivity index (χ4v) is 1.80. The average molecular weight is 318 g/mol. The van der Waals surface area contributed by atoms with Crippen molar-refractivity contribution < 1.29 is 26.3 Å². The maximum atomic E-state index is 12.1. The van der Waals surface area contributed by atoms with Gasteiger partial charge in [0.15, 0.2) is 11.9 Å². The molecule has 98 valence electrons. The van der Waals surface area contributed by atoms with Crippen molar-refractivity contribution in [3.05, 3.63) is 72.1 Å². The maximum absolute atomic E-state index is 12.1. The van der Waals surface area contributed by atoms with E-state index in [0.29, 0.717) is 6.54 Å². The van der Waals surface area contributed by atoms with Gasteiger partial charge in [0, 0.05) is 24.1 Å². The summed E-state index contributed by atoms with van der Waals surface area (Å²) in [6.07, 6.45) is 3.73. The van der Waals surface area contributed by atoms with E-state index in [0.717, 1.165) is 16.8 Å². The molecule has 0 atom stereocenters. The Hall–Kier alpha value is -1.74. The second-order valence-electron chi connectivity index (χ2n) is 4.23. The second kappa shape index (κ2) is 7.00. The smallest absolute Gasteiger partial charge is 0.227 e. The molecular formula is C16H16BrNO. The van der Waals surface area contributed by atoms with Crippen molar-refractivity contribution in [3.63, 3.8) is 0 Å². The van der Waals surface area contributed by atoms with Crippen molar-refractivity contribution in [1.29, 1.82) is 0 Å². The molecule has 19 heavy (non-hydrogen) atoms. The lowest BCUT2D eigenvalue weighted by Crippen LogP contribution is -3.00. The summed E-state index contributed by atoms with van der Waals surface area (Å²) >= 11 is 0. The number of halogens is 1. The molecule has 1 heterocycles. The first-order chi connectivity index (χ1) is 8.70. The number of nitrogens with zero attached hydrogens (tertiary/aromatic N) is 1. The number of aryl methyl sites for hydroxylation is 1. The number of ketones is 1. The van der Waals surface area contributed by atoms with E-state index in [1.165, 1.54) is 0 Å². The van der Waals surface area contributed by atoms with Gasteiger partial charge in [0.25, 0.3) is 0 Å². The van der Waals surface area contributed by atoms with Gasteiger partial charge in [0.05, 0.1) is 0 Å². The normalized spacial score (nSPS) is 9.53. The maximum Gasteiger partial charge on any atom is 0.227 e. The fraction of sp³-hybridized carbons (Fsp3) is 0.125. The van der Waals surface area contributed by atoms with E-state index in [4.69, 9.17) is 0 Å². The van der Waals surface area contributed by atoms with Crippen LogP contribution in [0, 0.1) is 6.92 Å². The van der Waals surface area contributed by atoms with Gasteiger partial charge in [-0.15, -0.1) is 0 Å². The first-order valence-electron chi connectivity index (χ1n) is 5.91. The van der Waals surface area contributed by atoms with Crippen LogP contribution in [-0.2, 0) is 6.54 Å². The summed E-state index contributed by atoms with van der Waals surface area (Å²) in [5, 5.41) is 0. The quantitative estimate of drug-likeness (QED) is 0.566. The number of benzene rings is 1. The number of hydrogen-bond acceptors (Lipinski definition) is 1. The second-order valence-corrected chi connectivity index (χ2v) is 4.23. The van der Waals surface area contributed by atoms with Crippen LogP contribution in [0.25, 0.3) is 6.08 Å². The van der Waals surface area contributed by atoms with E-state index in [2.05, 4.69) is 6.58 Å². The van der Waals surface area contributed by atoms with Crippen molar-refractivity contribution in [2.24, 2.45) is 0 Å². The van der Waals surface area contributed by atoms with E-state index in [1.54, 1.807) is 6.08 Å². The molecule has 0 saturated carbocycles. The van der Waals surface area contributed by atoms with Gasteiger partial charge in [-0.05, 0) is 6.07 Å². The van der Waals surface area contributed by atoms with Gasteiger partial charge >= 0.3 is 0 Å². The van der Waals surface area contributed by atoms with Crippen molar-refractivity contribution in [2.45, 2.75) is 13.5 Å². The van der Waals surface area contributed by atoms with Gasteiger partial charge in [-0.2, -0.15) is 4.57 Å². The Labute approximate surface area is 124 Å². The zero-order chi connectivity index (χ0) is 13.0. The van der Waals surface area contributed by atoms with E-state index < -0.39 is 0 Å². The first kappa shape index (κ1) is 15.3. The largest absolute Gasteiger partial charge is 1.00 e. The van der Waals surface area contributed by atoms with Crippen molar-refractivity contribution >= 4 is 11.9 Å². The molecule has 1 aromatic heterocycles. The van der Waals surface area contributed by atoms with Crippen LogP contribution in [-0.4, -0.2) is 5.78 Å². The summed E-state index contributed by atoms with van der Waals surface area (Å²) in [5.41, 5.74) is 2.82. The SMILES string of the molecule is C=Cc1ccc(C)[n+](CC(=O)c2ccccc2)c1.[Br-].